The van der Waals surface area contributed by atoms with E-state index in [1.165, 1.54) is 23.6 Å². The number of aromatic nitrogens is 1. The van der Waals surface area contributed by atoms with E-state index in [1.807, 2.05) is 12.1 Å². The molecule has 0 amide bonds. The predicted molar refractivity (Wildman–Crippen MR) is 64.0 cm³/mol. The molecule has 1 aromatic carbocycles. The van der Waals surface area contributed by atoms with Crippen molar-refractivity contribution in [3.8, 4) is 5.75 Å². The fourth-order valence-electron chi connectivity index (χ4n) is 1.84. The molecule has 0 radical (unpaired) electrons. The van der Waals surface area contributed by atoms with E-state index < -0.39 is 0 Å². The molecule has 0 bridgehead atoms. The van der Waals surface area contributed by atoms with E-state index in [4.69, 9.17) is 4.84 Å². The SMILES string of the molecule is O=c1cc(O)c2ccccc2n1OCC1CC1. The normalized spacial score (nSPS) is 15.1. The molecular formula is C13H13NO3. The van der Waals surface area contributed by atoms with Gasteiger partial charge in [0.2, 0.25) is 0 Å². The van der Waals surface area contributed by atoms with E-state index in [-0.39, 0.29) is 11.3 Å². The van der Waals surface area contributed by atoms with Crippen LogP contribution in [-0.4, -0.2) is 16.4 Å². The zero-order valence-corrected chi connectivity index (χ0v) is 9.30. The summed E-state index contributed by atoms with van der Waals surface area (Å²) >= 11 is 0. The maximum absolute atomic E-state index is 11.8. The van der Waals surface area contributed by atoms with Gasteiger partial charge >= 0.3 is 0 Å². The Balaban J connectivity index is 2.10. The van der Waals surface area contributed by atoms with Gasteiger partial charge < -0.3 is 9.94 Å². The molecule has 4 heteroatoms. The molecule has 1 fully saturated rings. The first-order valence-electron chi connectivity index (χ1n) is 5.73. The lowest BCUT2D eigenvalue weighted by molar-refractivity contribution is 0.103. The van der Waals surface area contributed by atoms with Crippen molar-refractivity contribution in [3.63, 3.8) is 0 Å². The van der Waals surface area contributed by atoms with Crippen molar-refractivity contribution >= 4 is 10.9 Å². The van der Waals surface area contributed by atoms with Crippen LogP contribution in [0.4, 0.5) is 0 Å². The van der Waals surface area contributed by atoms with Crippen molar-refractivity contribution in [3.05, 3.63) is 40.7 Å². The zero-order chi connectivity index (χ0) is 11.8. The van der Waals surface area contributed by atoms with Gasteiger partial charge in [0.05, 0.1) is 5.52 Å². The third-order valence-corrected chi connectivity index (χ3v) is 3.00. The third-order valence-electron chi connectivity index (χ3n) is 3.00. The molecule has 0 saturated heterocycles. The van der Waals surface area contributed by atoms with Crippen LogP contribution < -0.4 is 10.4 Å². The van der Waals surface area contributed by atoms with Gasteiger partial charge in [0.15, 0.2) is 0 Å². The van der Waals surface area contributed by atoms with Gasteiger partial charge in [-0.15, -0.1) is 4.73 Å². The molecule has 0 atom stereocenters. The van der Waals surface area contributed by atoms with Crippen LogP contribution in [-0.2, 0) is 0 Å². The van der Waals surface area contributed by atoms with Gasteiger partial charge in [0.25, 0.3) is 5.56 Å². The first-order valence-corrected chi connectivity index (χ1v) is 5.73. The zero-order valence-electron chi connectivity index (χ0n) is 9.30. The Hall–Kier alpha value is -1.97. The van der Waals surface area contributed by atoms with Crippen LogP contribution in [0, 0.1) is 5.92 Å². The van der Waals surface area contributed by atoms with Gasteiger partial charge in [-0.05, 0) is 30.9 Å². The summed E-state index contributed by atoms with van der Waals surface area (Å²) in [6.45, 7) is 0.564. The molecule has 0 unspecified atom stereocenters. The van der Waals surface area contributed by atoms with Crippen molar-refractivity contribution < 1.29 is 9.94 Å². The lowest BCUT2D eigenvalue weighted by Crippen LogP contribution is -2.27. The maximum atomic E-state index is 11.8. The van der Waals surface area contributed by atoms with Gasteiger partial charge in [-0.25, -0.2) is 0 Å². The first kappa shape index (κ1) is 10.2. The molecule has 1 aliphatic rings. The minimum atomic E-state index is -0.332. The first-order chi connectivity index (χ1) is 8.25. The van der Waals surface area contributed by atoms with Crippen molar-refractivity contribution in [1.82, 2.24) is 4.73 Å². The van der Waals surface area contributed by atoms with Gasteiger partial charge in [0.1, 0.15) is 12.4 Å². The quantitative estimate of drug-likeness (QED) is 0.871. The number of aromatic hydroxyl groups is 1. The summed E-state index contributed by atoms with van der Waals surface area (Å²) in [6.07, 6.45) is 2.34. The molecule has 1 saturated carbocycles. The summed E-state index contributed by atoms with van der Waals surface area (Å²) in [4.78, 5) is 17.3. The molecular weight excluding hydrogens is 218 g/mol. The second-order valence-electron chi connectivity index (χ2n) is 4.42. The molecule has 1 N–H and O–H groups in total. The average Bonchev–Trinajstić information content (AvgIpc) is 3.13. The number of benzene rings is 1. The summed E-state index contributed by atoms with van der Waals surface area (Å²) in [6, 6.07) is 8.36. The Labute approximate surface area is 98.0 Å². The van der Waals surface area contributed by atoms with Gasteiger partial charge in [-0.1, -0.05) is 12.1 Å². The van der Waals surface area contributed by atoms with Crippen LogP contribution in [0.1, 0.15) is 12.8 Å². The summed E-state index contributed by atoms with van der Waals surface area (Å²) in [5.74, 6) is 0.575. The van der Waals surface area contributed by atoms with Crippen LogP contribution in [0.5, 0.6) is 5.75 Å². The fraction of sp³-hybridized carbons (Fsp3) is 0.308. The van der Waals surface area contributed by atoms with Crippen LogP contribution in [0.15, 0.2) is 35.1 Å². The lowest BCUT2D eigenvalue weighted by Gasteiger charge is -2.11. The number of pyridine rings is 1. The monoisotopic (exact) mass is 231 g/mol. The number of hydrogen-bond donors (Lipinski definition) is 1. The molecule has 4 nitrogen and oxygen atoms in total. The minimum absolute atomic E-state index is 0.00290. The highest BCUT2D eigenvalue weighted by atomic mass is 16.7. The number of hydrogen-bond acceptors (Lipinski definition) is 3. The van der Waals surface area contributed by atoms with Crippen LogP contribution in [0.25, 0.3) is 10.9 Å². The molecule has 3 rings (SSSR count). The van der Waals surface area contributed by atoms with Gasteiger partial charge in [0, 0.05) is 11.5 Å². The van der Waals surface area contributed by atoms with Crippen molar-refractivity contribution in [2.45, 2.75) is 12.8 Å². The second kappa shape index (κ2) is 3.80. The van der Waals surface area contributed by atoms with Crippen LogP contribution in [0.3, 0.4) is 0 Å². The largest absolute Gasteiger partial charge is 0.507 e. The van der Waals surface area contributed by atoms with E-state index in [9.17, 15) is 9.90 Å². The molecule has 0 spiro atoms. The van der Waals surface area contributed by atoms with E-state index in [2.05, 4.69) is 0 Å². The molecule has 1 aliphatic carbocycles. The fourth-order valence-corrected chi connectivity index (χ4v) is 1.84. The van der Waals surface area contributed by atoms with Crippen LogP contribution in [0.2, 0.25) is 0 Å². The third kappa shape index (κ3) is 1.86. The van der Waals surface area contributed by atoms with Gasteiger partial charge in [-0.2, -0.15) is 0 Å². The Morgan fingerprint density at radius 3 is 2.88 bits per heavy atom. The van der Waals surface area contributed by atoms with E-state index in [0.29, 0.717) is 23.4 Å². The number of fused-ring (bicyclic) bond motifs is 1. The Morgan fingerprint density at radius 1 is 1.35 bits per heavy atom. The summed E-state index contributed by atoms with van der Waals surface area (Å²) in [7, 11) is 0. The number of para-hydroxylation sites is 1. The highest BCUT2D eigenvalue weighted by molar-refractivity contribution is 5.84. The highest BCUT2D eigenvalue weighted by Gasteiger charge is 2.22. The molecule has 1 aromatic heterocycles. The molecule has 88 valence electrons. The van der Waals surface area contributed by atoms with Gasteiger partial charge in [-0.3, -0.25) is 4.79 Å². The lowest BCUT2D eigenvalue weighted by atomic mass is 10.2. The summed E-state index contributed by atoms with van der Waals surface area (Å²) in [5, 5.41) is 10.3. The van der Waals surface area contributed by atoms with Crippen molar-refractivity contribution in [2.24, 2.45) is 5.92 Å². The Bertz CT molecular complexity index is 614. The van der Waals surface area contributed by atoms with E-state index in [1.54, 1.807) is 12.1 Å². The minimum Gasteiger partial charge on any atom is -0.507 e. The second-order valence-corrected chi connectivity index (χ2v) is 4.42. The smallest absolute Gasteiger partial charge is 0.287 e. The summed E-state index contributed by atoms with van der Waals surface area (Å²) < 4.78 is 1.27. The highest BCUT2D eigenvalue weighted by Crippen LogP contribution is 2.28. The van der Waals surface area contributed by atoms with E-state index >= 15 is 0 Å². The molecule has 0 aliphatic heterocycles. The molecule has 2 aromatic rings. The predicted octanol–water partition coefficient (Wildman–Crippen LogP) is 1.55. The Morgan fingerprint density at radius 2 is 2.12 bits per heavy atom. The number of nitrogens with zero attached hydrogens (tertiary/aromatic N) is 1. The summed E-state index contributed by atoms with van der Waals surface area (Å²) in [5.41, 5.74) is 0.278. The Kier molecular flexibility index (Phi) is 2.28. The van der Waals surface area contributed by atoms with E-state index in [0.717, 1.165) is 0 Å². The number of rotatable bonds is 3. The molecule has 17 heavy (non-hydrogen) atoms. The standard InChI is InChI=1S/C13H13NO3/c15-12-7-13(16)14(17-8-9-5-6-9)11-4-2-1-3-10(11)12/h1-4,7,9,15H,5-6,8H2. The average molecular weight is 231 g/mol. The maximum Gasteiger partial charge on any atom is 0.287 e. The molecule has 1 heterocycles. The van der Waals surface area contributed by atoms with Crippen molar-refractivity contribution in [2.75, 3.05) is 6.61 Å². The van der Waals surface area contributed by atoms with Crippen LogP contribution >= 0.6 is 0 Å². The topological polar surface area (TPSA) is 51.5 Å². The van der Waals surface area contributed by atoms with Crippen molar-refractivity contribution in [1.29, 1.82) is 0 Å².